The van der Waals surface area contributed by atoms with Gasteiger partial charge in [-0.3, -0.25) is 0 Å². The maximum Gasteiger partial charge on any atom is 0.243 e. The third-order valence-corrected chi connectivity index (χ3v) is 9.15. The first-order valence-corrected chi connectivity index (χ1v) is 13.9. The summed E-state index contributed by atoms with van der Waals surface area (Å²) in [4.78, 5) is 5.13. The van der Waals surface area contributed by atoms with Gasteiger partial charge in [0.05, 0.1) is 48.9 Å². The molecule has 2 saturated heterocycles. The Kier molecular flexibility index (Phi) is 7.12. The number of morpholine rings is 1. The molecule has 2 fully saturated rings. The Morgan fingerprint density at radius 3 is 2.76 bits per heavy atom. The first-order valence-electron chi connectivity index (χ1n) is 11.5. The van der Waals surface area contributed by atoms with Crippen molar-refractivity contribution in [1.29, 1.82) is 0 Å². The van der Waals surface area contributed by atoms with Crippen LogP contribution in [0.3, 0.4) is 0 Å². The smallest absolute Gasteiger partial charge is 0.243 e. The van der Waals surface area contributed by atoms with Crippen LogP contribution in [0.5, 0.6) is 5.75 Å². The zero-order chi connectivity index (χ0) is 23.5. The minimum absolute atomic E-state index is 0.144. The molecule has 0 bridgehead atoms. The van der Waals surface area contributed by atoms with Gasteiger partial charge < -0.3 is 18.8 Å². The molecule has 5 rings (SSSR count). The standard InChI is InChI=1S/C24H29N3O5S2/c1-30-19-5-2-4-18(14-19)17-33-24-25-22-15-21(34(28,29)26-9-12-31-13-10-26)7-8-23(22)27(24)16-20-6-3-11-32-20/h2,4-5,7-8,14-15,20H,3,6,9-13,16-17H2,1H3/t20-/m0/s1. The maximum absolute atomic E-state index is 13.2. The van der Waals surface area contributed by atoms with Gasteiger partial charge in [0.15, 0.2) is 5.16 Å². The van der Waals surface area contributed by atoms with E-state index in [0.717, 1.165) is 47.2 Å². The lowest BCUT2D eigenvalue weighted by Crippen LogP contribution is -2.40. The molecular formula is C24H29N3O5S2. The van der Waals surface area contributed by atoms with Gasteiger partial charge in [-0.15, -0.1) is 0 Å². The molecular weight excluding hydrogens is 474 g/mol. The molecule has 2 aliphatic heterocycles. The minimum Gasteiger partial charge on any atom is -0.497 e. The lowest BCUT2D eigenvalue weighted by Gasteiger charge is -2.26. The Bertz CT molecular complexity index is 1250. The Morgan fingerprint density at radius 2 is 2.00 bits per heavy atom. The average molecular weight is 504 g/mol. The van der Waals surface area contributed by atoms with Gasteiger partial charge in [0.1, 0.15) is 5.75 Å². The Labute approximate surface area is 204 Å². The second-order valence-corrected chi connectivity index (χ2v) is 11.3. The molecule has 0 radical (unpaired) electrons. The first kappa shape index (κ1) is 23.6. The molecule has 2 aromatic carbocycles. The van der Waals surface area contributed by atoms with Gasteiger partial charge in [0.25, 0.3) is 0 Å². The summed E-state index contributed by atoms with van der Waals surface area (Å²) in [6.45, 7) is 3.06. The van der Waals surface area contributed by atoms with Crippen LogP contribution in [-0.2, 0) is 31.8 Å². The van der Waals surface area contributed by atoms with Crippen LogP contribution < -0.4 is 4.74 Å². The van der Waals surface area contributed by atoms with Gasteiger partial charge in [-0.25, -0.2) is 13.4 Å². The van der Waals surface area contributed by atoms with Crippen LogP contribution in [0, 0.1) is 0 Å². The molecule has 2 aliphatic rings. The number of hydrogen-bond donors (Lipinski definition) is 0. The Morgan fingerprint density at radius 1 is 1.15 bits per heavy atom. The number of rotatable bonds is 8. The molecule has 1 aromatic heterocycles. The predicted octanol–water partition coefficient (Wildman–Crippen LogP) is 3.54. The summed E-state index contributed by atoms with van der Waals surface area (Å²) in [7, 11) is -1.92. The van der Waals surface area contributed by atoms with Crippen molar-refractivity contribution in [2.24, 2.45) is 0 Å². The topological polar surface area (TPSA) is 82.9 Å². The van der Waals surface area contributed by atoms with Crippen LogP contribution in [0.25, 0.3) is 11.0 Å². The zero-order valence-electron chi connectivity index (χ0n) is 19.2. The van der Waals surface area contributed by atoms with Gasteiger partial charge in [-0.05, 0) is 48.7 Å². The summed E-state index contributed by atoms with van der Waals surface area (Å²) < 4.78 is 46.6. The van der Waals surface area contributed by atoms with Crippen molar-refractivity contribution in [1.82, 2.24) is 13.9 Å². The van der Waals surface area contributed by atoms with Crippen LogP contribution in [0.1, 0.15) is 18.4 Å². The van der Waals surface area contributed by atoms with Crippen molar-refractivity contribution in [3.63, 3.8) is 0 Å². The number of thioether (sulfide) groups is 1. The Balaban J connectivity index is 1.46. The zero-order valence-corrected chi connectivity index (χ0v) is 20.8. The van der Waals surface area contributed by atoms with Crippen LogP contribution >= 0.6 is 11.8 Å². The third kappa shape index (κ3) is 4.96. The molecule has 0 amide bonds. The highest BCUT2D eigenvalue weighted by Crippen LogP contribution is 2.31. The molecule has 0 N–H and O–H groups in total. The fourth-order valence-electron chi connectivity index (χ4n) is 4.37. The monoisotopic (exact) mass is 503 g/mol. The molecule has 3 aromatic rings. The largest absolute Gasteiger partial charge is 0.497 e. The van der Waals surface area contributed by atoms with Gasteiger partial charge >= 0.3 is 0 Å². The Hall–Kier alpha value is -2.11. The van der Waals surface area contributed by atoms with E-state index in [2.05, 4.69) is 10.6 Å². The van der Waals surface area contributed by atoms with Crippen LogP contribution in [0.4, 0.5) is 0 Å². The molecule has 0 saturated carbocycles. The van der Waals surface area contributed by atoms with Crippen molar-refractivity contribution in [3.05, 3.63) is 48.0 Å². The van der Waals surface area contributed by atoms with Crippen molar-refractivity contribution in [2.45, 2.75) is 41.3 Å². The first-order chi connectivity index (χ1) is 16.5. The minimum atomic E-state index is -3.58. The fourth-order valence-corrected chi connectivity index (χ4v) is 6.77. The van der Waals surface area contributed by atoms with Crippen LogP contribution in [0.15, 0.2) is 52.5 Å². The SMILES string of the molecule is COc1cccc(CSc2nc3cc(S(=O)(=O)N4CCOCC4)ccc3n2C[C@@H]2CCCO2)c1. The summed E-state index contributed by atoms with van der Waals surface area (Å²) in [5.74, 6) is 1.55. The number of ether oxygens (including phenoxy) is 3. The van der Waals surface area contributed by atoms with E-state index in [9.17, 15) is 8.42 Å². The normalized spacial score (nSPS) is 19.6. The number of benzene rings is 2. The summed E-state index contributed by atoms with van der Waals surface area (Å²) >= 11 is 1.63. The molecule has 182 valence electrons. The van der Waals surface area contributed by atoms with Crippen molar-refractivity contribution in [3.8, 4) is 5.75 Å². The molecule has 10 heteroatoms. The number of fused-ring (bicyclic) bond motifs is 1. The molecule has 1 atom stereocenters. The van der Waals surface area contributed by atoms with E-state index in [1.165, 1.54) is 4.31 Å². The highest BCUT2D eigenvalue weighted by molar-refractivity contribution is 7.98. The van der Waals surface area contributed by atoms with E-state index < -0.39 is 10.0 Å². The van der Waals surface area contributed by atoms with Crippen molar-refractivity contribution >= 4 is 32.8 Å². The number of methoxy groups -OCH3 is 1. The molecule has 34 heavy (non-hydrogen) atoms. The van der Waals surface area contributed by atoms with E-state index in [4.69, 9.17) is 19.2 Å². The third-order valence-electron chi connectivity index (χ3n) is 6.20. The van der Waals surface area contributed by atoms with Crippen molar-refractivity contribution < 1.29 is 22.6 Å². The molecule has 0 aliphatic carbocycles. The van der Waals surface area contributed by atoms with Crippen molar-refractivity contribution in [2.75, 3.05) is 40.0 Å². The average Bonchev–Trinajstić information content (AvgIpc) is 3.51. The van der Waals surface area contributed by atoms with E-state index >= 15 is 0 Å². The fraction of sp³-hybridized carbons (Fsp3) is 0.458. The summed E-state index contributed by atoms with van der Waals surface area (Å²) in [5.41, 5.74) is 2.74. The van der Waals surface area contributed by atoms with Gasteiger partial charge in [-0.1, -0.05) is 23.9 Å². The molecule has 0 unspecified atom stereocenters. The van der Waals surface area contributed by atoms with E-state index in [1.54, 1.807) is 31.0 Å². The second kappa shape index (κ2) is 10.2. The van der Waals surface area contributed by atoms with E-state index in [-0.39, 0.29) is 11.0 Å². The molecule has 0 spiro atoms. The number of imidazole rings is 1. The number of sulfonamides is 1. The lowest BCUT2D eigenvalue weighted by molar-refractivity contribution is 0.0730. The summed E-state index contributed by atoms with van der Waals surface area (Å²) in [6, 6.07) is 13.3. The maximum atomic E-state index is 13.2. The number of hydrogen-bond acceptors (Lipinski definition) is 7. The van der Waals surface area contributed by atoms with Crippen LogP contribution in [0.2, 0.25) is 0 Å². The number of aromatic nitrogens is 2. The van der Waals surface area contributed by atoms with Crippen LogP contribution in [-0.4, -0.2) is 68.4 Å². The van der Waals surface area contributed by atoms with Gasteiger partial charge in [-0.2, -0.15) is 4.31 Å². The highest BCUT2D eigenvalue weighted by atomic mass is 32.2. The van der Waals surface area contributed by atoms with Gasteiger partial charge in [0, 0.05) is 25.4 Å². The second-order valence-electron chi connectivity index (χ2n) is 8.45. The molecule has 8 nitrogen and oxygen atoms in total. The molecule has 3 heterocycles. The van der Waals surface area contributed by atoms with E-state index in [1.807, 2.05) is 24.3 Å². The highest BCUT2D eigenvalue weighted by Gasteiger charge is 2.27. The summed E-state index contributed by atoms with van der Waals surface area (Å²) in [6.07, 6.45) is 2.22. The number of nitrogens with zero attached hydrogens (tertiary/aromatic N) is 3. The van der Waals surface area contributed by atoms with Gasteiger partial charge in [0.2, 0.25) is 10.0 Å². The predicted molar refractivity (Wildman–Crippen MR) is 131 cm³/mol. The quantitative estimate of drug-likeness (QED) is 0.435. The van der Waals surface area contributed by atoms with E-state index in [0.29, 0.717) is 38.4 Å². The lowest BCUT2D eigenvalue weighted by atomic mass is 10.2. The summed E-state index contributed by atoms with van der Waals surface area (Å²) in [5, 5.41) is 0.856.